The van der Waals surface area contributed by atoms with Crippen LogP contribution in [0.15, 0.2) is 24.3 Å². The minimum Gasteiger partial charge on any atom is -0.367 e. The third kappa shape index (κ3) is 3.57. The fraction of sp³-hybridized carbons (Fsp3) is 0.471. The summed E-state index contributed by atoms with van der Waals surface area (Å²) in [7, 11) is 0. The zero-order chi connectivity index (χ0) is 14.7. The number of pyridine rings is 1. The van der Waals surface area contributed by atoms with Crippen molar-refractivity contribution in [1.82, 2.24) is 15.0 Å². The number of aryl methyl sites for hydroxylation is 2. The molecule has 2 heterocycles. The van der Waals surface area contributed by atoms with E-state index in [9.17, 15) is 0 Å². The minimum absolute atomic E-state index is 0.548. The van der Waals surface area contributed by atoms with Gasteiger partial charge >= 0.3 is 0 Å². The van der Waals surface area contributed by atoms with Gasteiger partial charge in [-0.2, -0.15) is 0 Å². The lowest BCUT2D eigenvalue weighted by Gasteiger charge is -2.23. The summed E-state index contributed by atoms with van der Waals surface area (Å²) in [6.45, 7) is 3.99. The second-order valence-electron chi connectivity index (χ2n) is 5.86. The molecule has 0 atom stereocenters. The van der Waals surface area contributed by atoms with Crippen molar-refractivity contribution >= 4 is 5.82 Å². The molecular formula is C17H22N4. The lowest BCUT2D eigenvalue weighted by Crippen LogP contribution is -2.23. The SMILES string of the molecule is Cc1cccc(-c2nc(C)cc(NC3CCCCC3)n2)n1. The molecule has 2 aromatic rings. The molecule has 0 spiro atoms. The number of hydrogen-bond acceptors (Lipinski definition) is 4. The van der Waals surface area contributed by atoms with Crippen molar-refractivity contribution in [3.8, 4) is 11.5 Å². The van der Waals surface area contributed by atoms with Gasteiger partial charge in [-0.1, -0.05) is 25.3 Å². The Hall–Kier alpha value is -1.97. The quantitative estimate of drug-likeness (QED) is 0.927. The molecule has 0 amide bonds. The van der Waals surface area contributed by atoms with Crippen LogP contribution in [0.25, 0.3) is 11.5 Å². The summed E-state index contributed by atoms with van der Waals surface area (Å²) >= 11 is 0. The molecule has 0 radical (unpaired) electrons. The number of rotatable bonds is 3. The molecule has 110 valence electrons. The summed E-state index contributed by atoms with van der Waals surface area (Å²) in [5.74, 6) is 1.63. The van der Waals surface area contributed by atoms with Gasteiger partial charge < -0.3 is 5.32 Å². The maximum atomic E-state index is 4.65. The highest BCUT2D eigenvalue weighted by atomic mass is 15.1. The molecule has 0 unspecified atom stereocenters. The molecule has 2 aromatic heterocycles. The lowest BCUT2D eigenvalue weighted by atomic mass is 9.95. The first-order valence-electron chi connectivity index (χ1n) is 7.77. The first kappa shape index (κ1) is 14.0. The molecule has 1 fully saturated rings. The first-order valence-corrected chi connectivity index (χ1v) is 7.77. The van der Waals surface area contributed by atoms with Crippen molar-refractivity contribution in [3.05, 3.63) is 35.7 Å². The molecule has 4 heteroatoms. The fourth-order valence-corrected chi connectivity index (χ4v) is 2.88. The summed E-state index contributed by atoms with van der Waals surface area (Å²) in [5, 5.41) is 3.57. The second kappa shape index (κ2) is 6.20. The third-order valence-electron chi connectivity index (χ3n) is 3.93. The van der Waals surface area contributed by atoms with Crippen LogP contribution in [0.4, 0.5) is 5.82 Å². The van der Waals surface area contributed by atoms with Crippen LogP contribution < -0.4 is 5.32 Å². The Kier molecular flexibility index (Phi) is 4.13. The predicted octanol–water partition coefficient (Wildman–Crippen LogP) is 3.90. The van der Waals surface area contributed by atoms with Gasteiger partial charge in [-0.15, -0.1) is 0 Å². The standard InChI is InChI=1S/C17H22N4/c1-12-7-6-10-15(18-12)17-19-13(2)11-16(21-17)20-14-8-4-3-5-9-14/h6-7,10-11,14H,3-5,8-9H2,1-2H3,(H,19,20,21). The Labute approximate surface area is 126 Å². The molecule has 0 saturated heterocycles. The summed E-state index contributed by atoms with van der Waals surface area (Å²) in [6, 6.07) is 8.52. The first-order chi connectivity index (χ1) is 10.2. The minimum atomic E-state index is 0.548. The van der Waals surface area contributed by atoms with E-state index in [1.54, 1.807) is 0 Å². The van der Waals surface area contributed by atoms with Crippen LogP contribution in [0, 0.1) is 13.8 Å². The van der Waals surface area contributed by atoms with Crippen LogP contribution in [0.3, 0.4) is 0 Å². The van der Waals surface area contributed by atoms with Crippen molar-refractivity contribution in [3.63, 3.8) is 0 Å². The fourth-order valence-electron chi connectivity index (χ4n) is 2.88. The Morgan fingerprint density at radius 1 is 0.952 bits per heavy atom. The van der Waals surface area contributed by atoms with Crippen molar-refractivity contribution < 1.29 is 0 Å². The Morgan fingerprint density at radius 2 is 1.76 bits per heavy atom. The number of hydrogen-bond donors (Lipinski definition) is 1. The van der Waals surface area contributed by atoms with Gasteiger partial charge in [0.2, 0.25) is 0 Å². The third-order valence-corrected chi connectivity index (χ3v) is 3.93. The van der Waals surface area contributed by atoms with Gasteiger partial charge in [-0.05, 0) is 38.8 Å². The van der Waals surface area contributed by atoms with E-state index in [1.165, 1.54) is 32.1 Å². The van der Waals surface area contributed by atoms with Gasteiger partial charge in [0.15, 0.2) is 5.82 Å². The summed E-state index contributed by atoms with van der Waals surface area (Å²) in [6.07, 6.45) is 6.46. The van der Waals surface area contributed by atoms with E-state index >= 15 is 0 Å². The van der Waals surface area contributed by atoms with Gasteiger partial charge in [0, 0.05) is 23.5 Å². The zero-order valence-corrected chi connectivity index (χ0v) is 12.8. The molecule has 4 nitrogen and oxygen atoms in total. The molecule has 1 saturated carbocycles. The molecule has 3 rings (SSSR count). The van der Waals surface area contributed by atoms with E-state index in [0.717, 1.165) is 22.9 Å². The van der Waals surface area contributed by atoms with Gasteiger partial charge in [-0.3, -0.25) is 0 Å². The van der Waals surface area contributed by atoms with Crippen LogP contribution in [0.1, 0.15) is 43.5 Å². The molecule has 1 aliphatic rings. The predicted molar refractivity (Wildman–Crippen MR) is 85.2 cm³/mol. The molecule has 0 bridgehead atoms. The Balaban J connectivity index is 1.85. The normalized spacial score (nSPS) is 15.9. The monoisotopic (exact) mass is 282 g/mol. The number of anilines is 1. The lowest BCUT2D eigenvalue weighted by molar-refractivity contribution is 0.462. The molecule has 1 aliphatic carbocycles. The number of aromatic nitrogens is 3. The Bertz CT molecular complexity index is 618. The highest BCUT2D eigenvalue weighted by Crippen LogP contribution is 2.22. The van der Waals surface area contributed by atoms with E-state index < -0.39 is 0 Å². The van der Waals surface area contributed by atoms with Crippen molar-refractivity contribution in [2.24, 2.45) is 0 Å². The van der Waals surface area contributed by atoms with E-state index in [2.05, 4.69) is 20.3 Å². The highest BCUT2D eigenvalue weighted by molar-refractivity contribution is 5.53. The topological polar surface area (TPSA) is 50.7 Å². The maximum Gasteiger partial charge on any atom is 0.180 e. The van der Waals surface area contributed by atoms with E-state index in [0.29, 0.717) is 11.9 Å². The summed E-state index contributed by atoms with van der Waals surface area (Å²) < 4.78 is 0. The molecule has 0 aromatic carbocycles. The van der Waals surface area contributed by atoms with Crippen LogP contribution >= 0.6 is 0 Å². The smallest absolute Gasteiger partial charge is 0.180 e. The van der Waals surface area contributed by atoms with Crippen molar-refractivity contribution in [1.29, 1.82) is 0 Å². The molecular weight excluding hydrogens is 260 g/mol. The largest absolute Gasteiger partial charge is 0.367 e. The Morgan fingerprint density at radius 3 is 2.52 bits per heavy atom. The van der Waals surface area contributed by atoms with E-state index in [-0.39, 0.29) is 0 Å². The summed E-state index contributed by atoms with van der Waals surface area (Å²) in [5.41, 5.74) is 2.80. The highest BCUT2D eigenvalue weighted by Gasteiger charge is 2.14. The molecule has 0 aliphatic heterocycles. The average molecular weight is 282 g/mol. The van der Waals surface area contributed by atoms with Crippen molar-refractivity contribution in [2.45, 2.75) is 52.0 Å². The molecule has 21 heavy (non-hydrogen) atoms. The number of nitrogens with zero attached hydrogens (tertiary/aromatic N) is 3. The maximum absolute atomic E-state index is 4.65. The van der Waals surface area contributed by atoms with Crippen LogP contribution in [0.2, 0.25) is 0 Å². The molecule has 1 N–H and O–H groups in total. The zero-order valence-electron chi connectivity index (χ0n) is 12.8. The van der Waals surface area contributed by atoms with Gasteiger partial charge in [0.25, 0.3) is 0 Å². The van der Waals surface area contributed by atoms with E-state index in [1.807, 2.05) is 38.1 Å². The van der Waals surface area contributed by atoms with Gasteiger partial charge in [0.1, 0.15) is 11.5 Å². The van der Waals surface area contributed by atoms with Gasteiger partial charge in [-0.25, -0.2) is 15.0 Å². The van der Waals surface area contributed by atoms with Crippen LogP contribution in [-0.4, -0.2) is 21.0 Å². The van der Waals surface area contributed by atoms with E-state index in [4.69, 9.17) is 0 Å². The van der Waals surface area contributed by atoms with Crippen molar-refractivity contribution in [2.75, 3.05) is 5.32 Å². The summed E-state index contributed by atoms with van der Waals surface area (Å²) in [4.78, 5) is 13.7. The second-order valence-corrected chi connectivity index (χ2v) is 5.86. The van der Waals surface area contributed by atoms with Crippen LogP contribution in [-0.2, 0) is 0 Å². The van der Waals surface area contributed by atoms with Crippen LogP contribution in [0.5, 0.6) is 0 Å². The van der Waals surface area contributed by atoms with Gasteiger partial charge in [0.05, 0.1) is 0 Å². The average Bonchev–Trinajstić information content (AvgIpc) is 2.48. The number of nitrogens with one attached hydrogen (secondary N) is 1.